The van der Waals surface area contributed by atoms with E-state index in [0.717, 1.165) is 18.3 Å². The predicted octanol–water partition coefficient (Wildman–Crippen LogP) is 3.93. The molecule has 0 bridgehead atoms. The molecule has 0 aliphatic rings. The van der Waals surface area contributed by atoms with Crippen molar-refractivity contribution in [1.82, 2.24) is 28.9 Å². The molecular formula is C19H17F3N6. The van der Waals surface area contributed by atoms with Gasteiger partial charge in [-0.1, -0.05) is 19.4 Å². The lowest BCUT2D eigenvalue weighted by molar-refractivity contribution is -0.140. The Labute approximate surface area is 158 Å². The van der Waals surface area contributed by atoms with Crippen LogP contribution in [0.3, 0.4) is 0 Å². The van der Waals surface area contributed by atoms with Gasteiger partial charge in [-0.25, -0.2) is 15.0 Å². The van der Waals surface area contributed by atoms with Gasteiger partial charge < -0.3 is 4.57 Å². The highest BCUT2D eigenvalue weighted by Gasteiger charge is 2.35. The van der Waals surface area contributed by atoms with Gasteiger partial charge in [-0.2, -0.15) is 13.2 Å². The molecule has 0 radical (unpaired) electrons. The average molecular weight is 386 g/mol. The first-order valence-corrected chi connectivity index (χ1v) is 8.81. The Balaban J connectivity index is 1.96. The van der Waals surface area contributed by atoms with Crippen LogP contribution in [0.15, 0.2) is 55.6 Å². The Morgan fingerprint density at radius 1 is 1.11 bits per heavy atom. The molecule has 4 aromatic heterocycles. The van der Waals surface area contributed by atoms with Crippen LogP contribution < -0.4 is 0 Å². The van der Waals surface area contributed by atoms with E-state index in [1.165, 1.54) is 10.7 Å². The zero-order valence-corrected chi connectivity index (χ0v) is 15.0. The van der Waals surface area contributed by atoms with Gasteiger partial charge in [0.25, 0.3) is 0 Å². The molecule has 28 heavy (non-hydrogen) atoms. The highest BCUT2D eigenvalue weighted by molar-refractivity contribution is 5.53. The maximum absolute atomic E-state index is 13.2. The molecule has 0 N–H and O–H groups in total. The van der Waals surface area contributed by atoms with E-state index < -0.39 is 17.9 Å². The fourth-order valence-electron chi connectivity index (χ4n) is 3.28. The van der Waals surface area contributed by atoms with Gasteiger partial charge in [0.1, 0.15) is 18.0 Å². The summed E-state index contributed by atoms with van der Waals surface area (Å²) < 4.78 is 42.7. The molecule has 1 unspecified atom stereocenters. The molecule has 0 fully saturated rings. The van der Waals surface area contributed by atoms with Crippen molar-refractivity contribution < 1.29 is 13.2 Å². The summed E-state index contributed by atoms with van der Waals surface area (Å²) in [5.41, 5.74) is 1.34. The SMILES string of the molecule is CCCc1c(C(c2ccccn2)n2ccnc2)ncn2cc(C(F)(F)F)nc12. The monoisotopic (exact) mass is 386 g/mol. The molecule has 4 aromatic rings. The largest absolute Gasteiger partial charge is 0.434 e. The van der Waals surface area contributed by atoms with Crippen molar-refractivity contribution in [3.63, 3.8) is 0 Å². The first-order chi connectivity index (χ1) is 13.5. The van der Waals surface area contributed by atoms with Crippen LogP contribution in [-0.2, 0) is 12.6 Å². The Kier molecular flexibility index (Phi) is 4.58. The van der Waals surface area contributed by atoms with Crippen LogP contribution in [0.4, 0.5) is 13.2 Å². The Morgan fingerprint density at radius 3 is 2.61 bits per heavy atom. The summed E-state index contributed by atoms with van der Waals surface area (Å²) in [6.07, 6.45) is 5.86. The van der Waals surface area contributed by atoms with E-state index in [9.17, 15) is 13.2 Å². The van der Waals surface area contributed by atoms with Crippen LogP contribution in [0, 0.1) is 0 Å². The molecule has 6 nitrogen and oxygen atoms in total. The number of halogens is 3. The molecule has 0 aliphatic carbocycles. The molecule has 4 rings (SSSR count). The van der Waals surface area contributed by atoms with Crippen molar-refractivity contribution in [2.24, 2.45) is 0 Å². The molecule has 0 amide bonds. The van der Waals surface area contributed by atoms with Gasteiger partial charge in [0.05, 0.1) is 17.7 Å². The maximum Gasteiger partial charge on any atom is 0.434 e. The van der Waals surface area contributed by atoms with Crippen LogP contribution >= 0.6 is 0 Å². The van der Waals surface area contributed by atoms with E-state index in [2.05, 4.69) is 19.9 Å². The Morgan fingerprint density at radius 2 is 1.96 bits per heavy atom. The van der Waals surface area contributed by atoms with Crippen LogP contribution in [-0.4, -0.2) is 28.9 Å². The summed E-state index contributed by atoms with van der Waals surface area (Å²) in [5, 5.41) is 0. The summed E-state index contributed by atoms with van der Waals surface area (Å²) in [4.78, 5) is 16.9. The van der Waals surface area contributed by atoms with Crippen molar-refractivity contribution >= 4 is 5.65 Å². The quantitative estimate of drug-likeness (QED) is 0.521. The third-order valence-corrected chi connectivity index (χ3v) is 4.47. The van der Waals surface area contributed by atoms with Crippen molar-refractivity contribution in [2.75, 3.05) is 0 Å². The molecule has 0 saturated heterocycles. The fraction of sp³-hybridized carbons (Fsp3) is 0.263. The van der Waals surface area contributed by atoms with Gasteiger partial charge in [0, 0.05) is 30.4 Å². The summed E-state index contributed by atoms with van der Waals surface area (Å²) in [5.74, 6) is 0. The normalized spacial score (nSPS) is 13.1. The number of hydrogen-bond acceptors (Lipinski definition) is 4. The summed E-state index contributed by atoms with van der Waals surface area (Å²) in [6, 6.07) is 5.12. The highest BCUT2D eigenvalue weighted by Crippen LogP contribution is 2.32. The lowest BCUT2D eigenvalue weighted by Crippen LogP contribution is -2.17. The molecule has 0 spiro atoms. The number of rotatable bonds is 5. The van der Waals surface area contributed by atoms with E-state index in [-0.39, 0.29) is 5.65 Å². The number of nitrogens with zero attached hydrogens (tertiary/aromatic N) is 6. The van der Waals surface area contributed by atoms with E-state index in [1.54, 1.807) is 24.9 Å². The topological polar surface area (TPSA) is 60.9 Å². The molecular weight excluding hydrogens is 369 g/mol. The lowest BCUT2D eigenvalue weighted by atomic mass is 10.0. The van der Waals surface area contributed by atoms with Gasteiger partial charge >= 0.3 is 6.18 Å². The van der Waals surface area contributed by atoms with Gasteiger partial charge in [-0.15, -0.1) is 0 Å². The third-order valence-electron chi connectivity index (χ3n) is 4.47. The molecule has 9 heteroatoms. The van der Waals surface area contributed by atoms with Gasteiger partial charge in [-0.05, 0) is 18.6 Å². The lowest BCUT2D eigenvalue weighted by Gasteiger charge is -2.20. The number of aryl methyl sites for hydroxylation is 1. The zero-order chi connectivity index (χ0) is 19.7. The van der Waals surface area contributed by atoms with E-state index in [4.69, 9.17) is 0 Å². The number of hydrogen-bond donors (Lipinski definition) is 0. The molecule has 0 aliphatic heterocycles. The second kappa shape index (κ2) is 7.06. The number of fused-ring (bicyclic) bond motifs is 1. The number of alkyl halides is 3. The first-order valence-electron chi connectivity index (χ1n) is 8.81. The zero-order valence-electron chi connectivity index (χ0n) is 15.0. The Hall–Kier alpha value is -3.23. The van der Waals surface area contributed by atoms with Crippen molar-refractivity contribution in [2.45, 2.75) is 32.0 Å². The minimum absolute atomic E-state index is 0.264. The van der Waals surface area contributed by atoms with Gasteiger partial charge in [0.15, 0.2) is 5.69 Å². The average Bonchev–Trinajstić information content (AvgIpc) is 3.34. The smallest absolute Gasteiger partial charge is 0.323 e. The number of pyridine rings is 1. The molecule has 144 valence electrons. The molecule has 4 heterocycles. The van der Waals surface area contributed by atoms with Crippen LogP contribution in [0.25, 0.3) is 5.65 Å². The highest BCUT2D eigenvalue weighted by atomic mass is 19.4. The summed E-state index contributed by atoms with van der Waals surface area (Å²) in [6.45, 7) is 1.97. The summed E-state index contributed by atoms with van der Waals surface area (Å²) in [7, 11) is 0. The molecule has 0 aromatic carbocycles. The number of imidazole rings is 2. The molecule has 0 saturated carbocycles. The van der Waals surface area contributed by atoms with Crippen LogP contribution in [0.1, 0.15) is 42.0 Å². The maximum atomic E-state index is 13.2. The van der Waals surface area contributed by atoms with Crippen LogP contribution in [0.5, 0.6) is 0 Å². The Bertz CT molecular complexity index is 1070. The fourth-order valence-corrected chi connectivity index (χ4v) is 3.28. The van der Waals surface area contributed by atoms with Crippen molar-refractivity contribution in [3.8, 4) is 0 Å². The van der Waals surface area contributed by atoms with Crippen molar-refractivity contribution in [3.05, 3.63) is 78.3 Å². The van der Waals surface area contributed by atoms with E-state index in [0.29, 0.717) is 17.7 Å². The molecule has 1 atom stereocenters. The van der Waals surface area contributed by atoms with Gasteiger partial charge in [-0.3, -0.25) is 9.38 Å². The van der Waals surface area contributed by atoms with Crippen molar-refractivity contribution in [1.29, 1.82) is 0 Å². The summed E-state index contributed by atoms with van der Waals surface area (Å²) >= 11 is 0. The minimum atomic E-state index is -4.51. The second-order valence-electron chi connectivity index (χ2n) is 6.38. The van der Waals surface area contributed by atoms with Gasteiger partial charge in [0.2, 0.25) is 0 Å². The first kappa shape index (κ1) is 18.1. The van der Waals surface area contributed by atoms with E-state index >= 15 is 0 Å². The number of aromatic nitrogens is 6. The third kappa shape index (κ3) is 3.23. The predicted molar refractivity (Wildman–Crippen MR) is 95.7 cm³/mol. The van der Waals surface area contributed by atoms with E-state index in [1.807, 2.05) is 29.7 Å². The second-order valence-corrected chi connectivity index (χ2v) is 6.38. The minimum Gasteiger partial charge on any atom is -0.323 e. The van der Waals surface area contributed by atoms with Crippen LogP contribution in [0.2, 0.25) is 0 Å². The standard InChI is InChI=1S/C19H17F3N6/c1-2-5-13-16(25-12-28-10-15(19(20,21)22)26-18(13)28)17(27-9-8-23-11-27)14-6-3-4-7-24-14/h3-4,6-12,17H,2,5H2,1H3.